The smallest absolute Gasteiger partial charge is 0.250 e. The van der Waals surface area contributed by atoms with E-state index in [9.17, 15) is 4.79 Å². The Hall–Kier alpha value is 0.380. The molecule has 0 aliphatic heterocycles. The quantitative estimate of drug-likeness (QED) is 0.207. The zero-order valence-electron chi connectivity index (χ0n) is 15.8. The molecule has 0 fully saturated rings. The molecular formula is C17H22Cl6N2O2S. The van der Waals surface area contributed by atoms with Gasteiger partial charge >= 0.3 is 0 Å². The van der Waals surface area contributed by atoms with Crippen molar-refractivity contribution >= 4 is 86.8 Å². The summed E-state index contributed by atoms with van der Waals surface area (Å²) in [4.78, 5) is 18.7. The number of ether oxygens (including phenoxy) is 1. The van der Waals surface area contributed by atoms with E-state index in [1.165, 1.54) is 24.5 Å². The molecule has 1 aromatic heterocycles. The SMILES string of the molecule is CO/C(=C\C(=O)N(C)[C@@H](C[C@@H](C)C(Cl)(Cl)Cl)c1nccs1)C[C@H](C)C(Cl)(Cl)Cl. The van der Waals surface area contributed by atoms with Crippen molar-refractivity contribution in [2.24, 2.45) is 11.8 Å². The Labute approximate surface area is 200 Å². The first kappa shape index (κ1) is 26.4. The topological polar surface area (TPSA) is 42.4 Å². The van der Waals surface area contributed by atoms with E-state index in [0.717, 1.165) is 5.01 Å². The van der Waals surface area contributed by atoms with E-state index in [1.54, 1.807) is 25.1 Å². The second kappa shape index (κ2) is 11.1. The molecule has 0 aliphatic carbocycles. The van der Waals surface area contributed by atoms with Gasteiger partial charge in [-0.1, -0.05) is 83.5 Å². The molecule has 3 atom stereocenters. The number of halogens is 6. The van der Waals surface area contributed by atoms with Crippen LogP contribution in [0.25, 0.3) is 0 Å². The monoisotopic (exact) mass is 528 g/mol. The number of rotatable bonds is 8. The molecule has 160 valence electrons. The van der Waals surface area contributed by atoms with Crippen LogP contribution in [0.1, 0.15) is 37.7 Å². The van der Waals surface area contributed by atoms with Gasteiger partial charge in [-0.2, -0.15) is 0 Å². The van der Waals surface area contributed by atoms with Gasteiger partial charge in [0.15, 0.2) is 7.59 Å². The summed E-state index contributed by atoms with van der Waals surface area (Å²) in [5.74, 6) is -0.536. The summed E-state index contributed by atoms with van der Waals surface area (Å²) in [5, 5.41) is 2.58. The van der Waals surface area contributed by atoms with Gasteiger partial charge in [-0.25, -0.2) is 4.98 Å². The van der Waals surface area contributed by atoms with Gasteiger partial charge in [-0.15, -0.1) is 11.3 Å². The number of alkyl halides is 6. The Morgan fingerprint density at radius 3 is 2.21 bits per heavy atom. The summed E-state index contributed by atoms with van der Waals surface area (Å²) in [6.07, 6.45) is 3.77. The molecule has 1 aromatic rings. The maximum atomic E-state index is 12.9. The van der Waals surface area contributed by atoms with Crippen LogP contribution in [-0.2, 0) is 9.53 Å². The van der Waals surface area contributed by atoms with Gasteiger partial charge in [0.25, 0.3) is 0 Å². The minimum Gasteiger partial charge on any atom is -0.501 e. The highest BCUT2D eigenvalue weighted by Gasteiger charge is 2.35. The Morgan fingerprint density at radius 1 is 1.21 bits per heavy atom. The van der Waals surface area contributed by atoms with Crippen molar-refractivity contribution in [1.82, 2.24) is 9.88 Å². The summed E-state index contributed by atoms with van der Waals surface area (Å²) in [7, 11) is 3.13. The van der Waals surface area contributed by atoms with Crippen LogP contribution in [0, 0.1) is 11.8 Å². The van der Waals surface area contributed by atoms with E-state index in [1.807, 2.05) is 12.3 Å². The lowest BCUT2D eigenvalue weighted by molar-refractivity contribution is -0.127. The van der Waals surface area contributed by atoms with Crippen molar-refractivity contribution in [2.45, 2.75) is 40.3 Å². The average Bonchev–Trinajstić information content (AvgIpc) is 3.10. The molecule has 11 heteroatoms. The highest BCUT2D eigenvalue weighted by molar-refractivity contribution is 7.09. The molecule has 0 spiro atoms. The third-order valence-electron chi connectivity index (χ3n) is 4.30. The first-order chi connectivity index (χ1) is 12.8. The second-order valence-corrected chi connectivity index (χ2v) is 12.1. The summed E-state index contributed by atoms with van der Waals surface area (Å²) in [6.45, 7) is 3.57. The molecule has 1 amide bonds. The molecule has 1 heterocycles. The highest BCUT2D eigenvalue weighted by atomic mass is 35.6. The molecule has 4 nitrogen and oxygen atoms in total. The van der Waals surface area contributed by atoms with Gasteiger partial charge in [0, 0.05) is 43.0 Å². The number of carbonyl (C=O) groups is 1. The first-order valence-corrected chi connectivity index (χ1v) is 11.5. The van der Waals surface area contributed by atoms with E-state index >= 15 is 0 Å². The molecule has 0 bridgehead atoms. The Morgan fingerprint density at radius 2 is 1.79 bits per heavy atom. The maximum absolute atomic E-state index is 12.9. The number of nitrogens with zero attached hydrogens (tertiary/aromatic N) is 2. The zero-order chi connectivity index (χ0) is 21.7. The van der Waals surface area contributed by atoms with Crippen LogP contribution < -0.4 is 0 Å². The van der Waals surface area contributed by atoms with E-state index < -0.39 is 7.59 Å². The van der Waals surface area contributed by atoms with E-state index in [4.69, 9.17) is 74.3 Å². The first-order valence-electron chi connectivity index (χ1n) is 8.31. The number of hydrogen-bond donors (Lipinski definition) is 0. The second-order valence-electron chi connectivity index (χ2n) is 6.48. The van der Waals surface area contributed by atoms with Gasteiger partial charge < -0.3 is 9.64 Å². The van der Waals surface area contributed by atoms with E-state index in [-0.39, 0.29) is 23.8 Å². The largest absolute Gasteiger partial charge is 0.501 e. The fraction of sp³-hybridized carbons (Fsp3) is 0.647. The van der Waals surface area contributed by atoms with Crippen molar-refractivity contribution < 1.29 is 9.53 Å². The number of carbonyl (C=O) groups excluding carboxylic acids is 1. The molecule has 28 heavy (non-hydrogen) atoms. The molecule has 0 saturated carbocycles. The average molecular weight is 531 g/mol. The lowest BCUT2D eigenvalue weighted by Crippen LogP contribution is -2.33. The van der Waals surface area contributed by atoms with E-state index in [0.29, 0.717) is 18.6 Å². The van der Waals surface area contributed by atoms with Crippen molar-refractivity contribution in [1.29, 1.82) is 0 Å². The predicted octanol–water partition coefficient (Wildman–Crippen LogP) is 6.97. The fourth-order valence-electron chi connectivity index (χ4n) is 2.30. The summed E-state index contributed by atoms with van der Waals surface area (Å²) in [6, 6.07) is -0.363. The van der Waals surface area contributed by atoms with Crippen molar-refractivity contribution in [3.63, 3.8) is 0 Å². The number of amides is 1. The van der Waals surface area contributed by atoms with Crippen molar-refractivity contribution in [2.75, 3.05) is 14.2 Å². The Kier molecular flexibility index (Phi) is 10.5. The molecule has 0 unspecified atom stereocenters. The molecule has 0 saturated heterocycles. The fourth-order valence-corrected chi connectivity index (χ4v) is 3.60. The number of thiazole rings is 1. The highest BCUT2D eigenvalue weighted by Crippen LogP contribution is 2.41. The molecule has 0 N–H and O–H groups in total. The molecular weight excluding hydrogens is 509 g/mol. The van der Waals surface area contributed by atoms with Gasteiger partial charge in [0.1, 0.15) is 10.8 Å². The van der Waals surface area contributed by atoms with Crippen LogP contribution in [-0.4, -0.2) is 37.5 Å². The van der Waals surface area contributed by atoms with Crippen LogP contribution in [0.5, 0.6) is 0 Å². The van der Waals surface area contributed by atoms with Gasteiger partial charge in [-0.3, -0.25) is 4.79 Å². The van der Waals surface area contributed by atoms with Crippen LogP contribution in [0.15, 0.2) is 23.4 Å². The lowest BCUT2D eigenvalue weighted by atomic mass is 10.0. The third kappa shape index (κ3) is 8.25. The third-order valence-corrected chi connectivity index (χ3v) is 7.41. The Balaban J connectivity index is 3.03. The predicted molar refractivity (Wildman–Crippen MR) is 121 cm³/mol. The van der Waals surface area contributed by atoms with Gasteiger partial charge in [-0.05, 0) is 6.42 Å². The van der Waals surface area contributed by atoms with Crippen molar-refractivity contribution in [3.8, 4) is 0 Å². The Bertz CT molecular complexity index is 658. The zero-order valence-corrected chi connectivity index (χ0v) is 21.1. The minimum absolute atomic E-state index is 0.287. The number of hydrogen-bond acceptors (Lipinski definition) is 4. The van der Waals surface area contributed by atoms with Crippen LogP contribution in [0.3, 0.4) is 0 Å². The van der Waals surface area contributed by atoms with Crippen molar-refractivity contribution in [3.05, 3.63) is 28.4 Å². The van der Waals surface area contributed by atoms with Crippen LogP contribution in [0.2, 0.25) is 0 Å². The van der Waals surface area contributed by atoms with Gasteiger partial charge in [0.2, 0.25) is 5.91 Å². The maximum Gasteiger partial charge on any atom is 0.250 e. The number of likely N-dealkylation sites (N-methyl/N-ethyl adjacent to an activating group) is 1. The lowest BCUT2D eigenvalue weighted by Gasteiger charge is -2.30. The standard InChI is InChI=1S/C17H22Cl6N2O2S/c1-10(16(18,19)20)7-12(27-4)9-14(26)25(3)13(15-24-5-6-28-15)8-11(2)17(21,22)23/h5-6,9-11,13H,7-8H2,1-4H3/b12-9-/t10-,11+,13-/m0/s1. The summed E-state index contributed by atoms with van der Waals surface area (Å²) in [5.41, 5.74) is 0. The number of methoxy groups -OCH3 is 1. The summed E-state index contributed by atoms with van der Waals surface area (Å²) < 4.78 is 2.39. The van der Waals surface area contributed by atoms with Gasteiger partial charge in [0.05, 0.1) is 13.2 Å². The number of aromatic nitrogens is 1. The van der Waals surface area contributed by atoms with E-state index in [2.05, 4.69) is 4.98 Å². The molecule has 1 rings (SSSR count). The minimum atomic E-state index is -1.46. The molecule has 0 aliphatic rings. The number of allylic oxidation sites excluding steroid dienone is 1. The van der Waals surface area contributed by atoms with Crippen LogP contribution in [0.4, 0.5) is 0 Å². The van der Waals surface area contributed by atoms with Crippen LogP contribution >= 0.6 is 80.9 Å². The normalized spacial score (nSPS) is 16.4. The molecule has 0 radical (unpaired) electrons. The summed E-state index contributed by atoms with van der Waals surface area (Å²) >= 11 is 37.2. The molecule has 0 aromatic carbocycles.